The number of hydrogen-bond acceptors (Lipinski definition) is 5. The first kappa shape index (κ1) is 15.3. The predicted octanol–water partition coefficient (Wildman–Crippen LogP) is -2.20. The Kier molecular flexibility index (Phi) is 6.83. The molecule has 0 aromatic rings. The van der Waals surface area contributed by atoms with Gasteiger partial charge in [0.1, 0.15) is 6.04 Å². The number of amides is 2. The molecule has 2 amide bonds. The summed E-state index contributed by atoms with van der Waals surface area (Å²) in [6, 6.07) is -2.24. The molecule has 8 nitrogen and oxygen atoms in total. The van der Waals surface area contributed by atoms with Gasteiger partial charge in [0, 0.05) is 13.7 Å². The molecular weight excluding hydrogens is 230 g/mol. The van der Waals surface area contributed by atoms with Crippen LogP contribution in [0.25, 0.3) is 0 Å². The molecule has 0 aliphatic rings. The number of rotatable bonds is 8. The summed E-state index contributed by atoms with van der Waals surface area (Å²) in [5.74, 6) is -2.81. The van der Waals surface area contributed by atoms with Gasteiger partial charge in [-0.25, -0.2) is 4.79 Å². The zero-order valence-corrected chi connectivity index (χ0v) is 9.51. The zero-order valence-electron chi connectivity index (χ0n) is 9.51. The van der Waals surface area contributed by atoms with Crippen LogP contribution in [0.1, 0.15) is 12.8 Å². The van der Waals surface area contributed by atoms with Crippen molar-refractivity contribution in [3.63, 3.8) is 0 Å². The molecule has 0 bridgehead atoms. The Morgan fingerprint density at radius 3 is 2.41 bits per heavy atom. The molecule has 2 atom stereocenters. The maximum atomic E-state index is 11.4. The Morgan fingerprint density at radius 2 is 2.00 bits per heavy atom. The van der Waals surface area contributed by atoms with Crippen LogP contribution in [0.2, 0.25) is 0 Å². The van der Waals surface area contributed by atoms with Gasteiger partial charge in [-0.3, -0.25) is 9.59 Å². The molecule has 8 heteroatoms. The first-order chi connectivity index (χ1) is 7.88. The molecule has 0 radical (unpaired) electrons. The van der Waals surface area contributed by atoms with E-state index in [-0.39, 0.29) is 13.0 Å². The molecule has 0 heterocycles. The highest BCUT2D eigenvalue weighted by Gasteiger charge is 2.24. The van der Waals surface area contributed by atoms with E-state index in [0.717, 1.165) is 0 Å². The molecule has 2 unspecified atom stereocenters. The smallest absolute Gasteiger partial charge is 0.326 e. The van der Waals surface area contributed by atoms with Gasteiger partial charge in [-0.05, 0) is 6.42 Å². The molecule has 17 heavy (non-hydrogen) atoms. The highest BCUT2D eigenvalue weighted by atomic mass is 16.5. The summed E-state index contributed by atoms with van der Waals surface area (Å²) in [6.45, 7) is 0.280. The third kappa shape index (κ3) is 6.48. The zero-order chi connectivity index (χ0) is 13.4. The van der Waals surface area contributed by atoms with Crippen LogP contribution in [0.15, 0.2) is 0 Å². The minimum atomic E-state index is -1.35. The molecule has 98 valence electrons. The van der Waals surface area contributed by atoms with E-state index in [0.29, 0.717) is 0 Å². The van der Waals surface area contributed by atoms with Crippen molar-refractivity contribution >= 4 is 17.8 Å². The van der Waals surface area contributed by atoms with Crippen molar-refractivity contribution in [1.82, 2.24) is 5.32 Å². The van der Waals surface area contributed by atoms with E-state index < -0.39 is 36.3 Å². The molecule has 6 N–H and O–H groups in total. The fourth-order valence-corrected chi connectivity index (χ4v) is 1.06. The molecule has 0 fully saturated rings. The monoisotopic (exact) mass is 247 g/mol. The van der Waals surface area contributed by atoms with Gasteiger partial charge >= 0.3 is 5.97 Å². The van der Waals surface area contributed by atoms with Gasteiger partial charge in [-0.15, -0.1) is 0 Å². The van der Waals surface area contributed by atoms with Crippen molar-refractivity contribution in [2.45, 2.75) is 24.9 Å². The third-order valence-corrected chi connectivity index (χ3v) is 1.99. The Morgan fingerprint density at radius 1 is 1.41 bits per heavy atom. The number of nitrogens with one attached hydrogen (secondary N) is 1. The number of carbonyl (C=O) groups excluding carboxylic acids is 2. The van der Waals surface area contributed by atoms with Crippen LogP contribution < -0.4 is 16.8 Å². The van der Waals surface area contributed by atoms with Crippen molar-refractivity contribution in [2.24, 2.45) is 11.5 Å². The Balaban J connectivity index is 4.29. The minimum Gasteiger partial charge on any atom is -0.480 e. The number of carboxylic acid groups (broad SMARTS) is 1. The van der Waals surface area contributed by atoms with Gasteiger partial charge in [0.2, 0.25) is 11.8 Å². The first-order valence-corrected chi connectivity index (χ1v) is 4.94. The second-order valence-corrected chi connectivity index (χ2v) is 3.46. The van der Waals surface area contributed by atoms with Crippen molar-refractivity contribution in [2.75, 3.05) is 13.7 Å². The standard InChI is InChI=1S/C9H17N3O5/c1-17-3-2-5(10)8(14)12-6(9(15)16)4-7(11)13/h5-6H,2-4,10H2,1H3,(H2,11,13)(H,12,14)(H,15,16). The molecule has 0 spiro atoms. The Labute approximate surface area is 98.3 Å². The van der Waals surface area contributed by atoms with Gasteiger partial charge in [-0.1, -0.05) is 0 Å². The molecule has 0 saturated carbocycles. The van der Waals surface area contributed by atoms with E-state index in [2.05, 4.69) is 5.32 Å². The molecule has 0 aliphatic heterocycles. The number of methoxy groups -OCH3 is 1. The van der Waals surface area contributed by atoms with Crippen molar-refractivity contribution in [1.29, 1.82) is 0 Å². The summed E-state index contributed by atoms with van der Waals surface area (Å²) in [7, 11) is 1.46. The van der Waals surface area contributed by atoms with Crippen LogP contribution >= 0.6 is 0 Å². The summed E-state index contributed by atoms with van der Waals surface area (Å²) < 4.78 is 4.73. The lowest BCUT2D eigenvalue weighted by atomic mass is 10.1. The molecule has 0 aromatic carbocycles. The number of aliphatic carboxylic acids is 1. The van der Waals surface area contributed by atoms with Crippen LogP contribution in [-0.2, 0) is 19.1 Å². The molecule has 0 aliphatic carbocycles. The average molecular weight is 247 g/mol. The number of hydrogen-bond donors (Lipinski definition) is 4. The average Bonchev–Trinajstić information content (AvgIpc) is 2.23. The van der Waals surface area contributed by atoms with Crippen LogP contribution in [0.5, 0.6) is 0 Å². The lowest BCUT2D eigenvalue weighted by Gasteiger charge is -2.16. The van der Waals surface area contributed by atoms with Crippen LogP contribution in [0.3, 0.4) is 0 Å². The maximum absolute atomic E-state index is 11.4. The number of primary amides is 1. The minimum absolute atomic E-state index is 0.255. The number of ether oxygens (including phenoxy) is 1. The number of carboxylic acids is 1. The van der Waals surface area contributed by atoms with Gasteiger partial charge < -0.3 is 26.6 Å². The third-order valence-electron chi connectivity index (χ3n) is 1.99. The van der Waals surface area contributed by atoms with E-state index in [9.17, 15) is 14.4 Å². The summed E-state index contributed by atoms with van der Waals surface area (Å²) in [5.41, 5.74) is 10.3. The van der Waals surface area contributed by atoms with Gasteiger partial charge in [0.25, 0.3) is 0 Å². The lowest BCUT2D eigenvalue weighted by molar-refractivity contribution is -0.143. The van der Waals surface area contributed by atoms with E-state index in [1.165, 1.54) is 7.11 Å². The summed E-state index contributed by atoms with van der Waals surface area (Å²) in [4.78, 5) is 32.8. The van der Waals surface area contributed by atoms with Gasteiger partial charge in [-0.2, -0.15) is 0 Å². The summed E-state index contributed by atoms with van der Waals surface area (Å²) in [5, 5.41) is 10.9. The molecular formula is C9H17N3O5. The number of nitrogens with two attached hydrogens (primary N) is 2. The lowest BCUT2D eigenvalue weighted by Crippen LogP contribution is -2.49. The summed E-state index contributed by atoms with van der Waals surface area (Å²) >= 11 is 0. The largest absolute Gasteiger partial charge is 0.480 e. The number of carbonyl (C=O) groups is 3. The van der Waals surface area contributed by atoms with Gasteiger partial charge in [0.05, 0.1) is 12.5 Å². The fraction of sp³-hybridized carbons (Fsp3) is 0.667. The molecule has 0 aromatic heterocycles. The topological polar surface area (TPSA) is 145 Å². The van der Waals surface area contributed by atoms with E-state index in [1.54, 1.807) is 0 Å². The second-order valence-electron chi connectivity index (χ2n) is 3.46. The van der Waals surface area contributed by atoms with Crippen LogP contribution in [0, 0.1) is 0 Å². The van der Waals surface area contributed by atoms with Crippen LogP contribution in [-0.4, -0.2) is 48.7 Å². The SMILES string of the molecule is COCCC(N)C(=O)NC(CC(N)=O)C(=O)O. The second kappa shape index (κ2) is 7.58. The Hall–Kier alpha value is -1.67. The Bertz CT molecular complexity index is 294. The van der Waals surface area contributed by atoms with E-state index >= 15 is 0 Å². The van der Waals surface area contributed by atoms with Gasteiger partial charge in [0.15, 0.2) is 0 Å². The van der Waals surface area contributed by atoms with E-state index in [4.69, 9.17) is 21.3 Å². The summed E-state index contributed by atoms with van der Waals surface area (Å²) in [6.07, 6.45) is -0.219. The fourth-order valence-electron chi connectivity index (χ4n) is 1.06. The predicted molar refractivity (Wildman–Crippen MR) is 57.8 cm³/mol. The normalized spacial score (nSPS) is 13.8. The highest BCUT2D eigenvalue weighted by Crippen LogP contribution is 1.95. The van der Waals surface area contributed by atoms with Crippen molar-refractivity contribution < 1.29 is 24.2 Å². The van der Waals surface area contributed by atoms with Crippen LogP contribution in [0.4, 0.5) is 0 Å². The quantitative estimate of drug-likeness (QED) is 0.383. The van der Waals surface area contributed by atoms with E-state index in [1.807, 2.05) is 0 Å². The highest BCUT2D eigenvalue weighted by molar-refractivity contribution is 5.89. The molecule has 0 rings (SSSR count). The van der Waals surface area contributed by atoms with Crippen molar-refractivity contribution in [3.8, 4) is 0 Å². The van der Waals surface area contributed by atoms with Crippen molar-refractivity contribution in [3.05, 3.63) is 0 Å². The molecule has 0 saturated heterocycles. The first-order valence-electron chi connectivity index (χ1n) is 4.94. The maximum Gasteiger partial charge on any atom is 0.326 e.